The highest BCUT2D eigenvalue weighted by atomic mass is 32.2. The first-order valence-corrected chi connectivity index (χ1v) is 11.3. The zero-order valence-electron chi connectivity index (χ0n) is 15.7. The minimum absolute atomic E-state index is 0.208. The Morgan fingerprint density at radius 1 is 0.677 bits per heavy atom. The molecule has 1 N–H and O–H groups in total. The van der Waals surface area contributed by atoms with Crippen LogP contribution in [0.3, 0.4) is 0 Å². The maximum atomic E-state index is 12.9. The molecule has 0 aliphatic rings. The van der Waals surface area contributed by atoms with Crippen molar-refractivity contribution in [1.29, 1.82) is 0 Å². The summed E-state index contributed by atoms with van der Waals surface area (Å²) in [6, 6.07) is 22.3. The van der Waals surface area contributed by atoms with Gasteiger partial charge < -0.3 is 5.11 Å². The van der Waals surface area contributed by atoms with Crippen LogP contribution in [-0.2, 0) is 0 Å². The minimum atomic E-state index is -5.82. The summed E-state index contributed by atoms with van der Waals surface area (Å²) in [4.78, 5) is 1.11. The van der Waals surface area contributed by atoms with Gasteiger partial charge in [0, 0.05) is 31.9 Å². The molecule has 0 saturated carbocycles. The fraction of sp³-hybridized carbons (Fsp3) is 0.182. The SMILES string of the molecule is OC(CSc1ccc(-[s+]2c3ccccc3c3ccccc32)cc1)(C(F)(F)F)C(F)(F)F. The molecule has 0 spiro atoms. The predicted octanol–water partition coefficient (Wildman–Crippen LogP) is 7.68. The summed E-state index contributed by atoms with van der Waals surface area (Å²) in [5, 5.41) is 11.5. The highest BCUT2D eigenvalue weighted by Gasteiger charge is 2.70. The molecule has 162 valence electrons. The van der Waals surface area contributed by atoms with Gasteiger partial charge in [-0.25, -0.2) is 0 Å². The topological polar surface area (TPSA) is 20.2 Å². The molecule has 3 aromatic carbocycles. The average Bonchev–Trinajstić information content (AvgIpc) is 3.05. The fourth-order valence-corrected chi connectivity index (χ4v) is 6.70. The Balaban J connectivity index is 1.67. The maximum Gasteiger partial charge on any atom is 0.427 e. The molecule has 9 heteroatoms. The molecule has 0 fully saturated rings. The second-order valence-electron chi connectivity index (χ2n) is 6.91. The van der Waals surface area contributed by atoms with Gasteiger partial charge in [-0.3, -0.25) is 0 Å². The molecule has 0 amide bonds. The van der Waals surface area contributed by atoms with Gasteiger partial charge in [0.15, 0.2) is 14.3 Å². The van der Waals surface area contributed by atoms with Crippen molar-refractivity contribution in [1.82, 2.24) is 0 Å². The van der Waals surface area contributed by atoms with E-state index < -0.39 is 34.2 Å². The van der Waals surface area contributed by atoms with Crippen molar-refractivity contribution in [3.05, 3.63) is 72.8 Å². The van der Waals surface area contributed by atoms with E-state index in [2.05, 4.69) is 0 Å². The number of aliphatic hydroxyl groups is 1. The third kappa shape index (κ3) is 3.79. The summed E-state index contributed by atoms with van der Waals surface area (Å²) >= 11 is 0.317. The number of hydrogen-bond donors (Lipinski definition) is 1. The van der Waals surface area contributed by atoms with Crippen LogP contribution in [0.15, 0.2) is 77.7 Å². The molecule has 4 aromatic rings. The van der Waals surface area contributed by atoms with E-state index in [9.17, 15) is 31.4 Å². The van der Waals surface area contributed by atoms with E-state index in [1.807, 2.05) is 48.5 Å². The zero-order valence-corrected chi connectivity index (χ0v) is 17.3. The number of rotatable bonds is 4. The normalized spacial score (nSPS) is 13.3. The Kier molecular flexibility index (Phi) is 5.47. The van der Waals surface area contributed by atoms with E-state index in [-0.39, 0.29) is 4.90 Å². The summed E-state index contributed by atoms with van der Waals surface area (Å²) in [7, 11) is -0.417. The first kappa shape index (κ1) is 22.0. The van der Waals surface area contributed by atoms with Gasteiger partial charge in [-0.05, 0) is 48.5 Å². The highest BCUT2D eigenvalue weighted by Crippen LogP contribution is 2.49. The van der Waals surface area contributed by atoms with Gasteiger partial charge in [0.1, 0.15) is 0 Å². The van der Waals surface area contributed by atoms with Gasteiger partial charge >= 0.3 is 12.4 Å². The lowest BCUT2D eigenvalue weighted by molar-refractivity contribution is -0.358. The minimum Gasteiger partial charge on any atom is -0.373 e. The third-order valence-corrected chi connectivity index (χ3v) is 8.45. The van der Waals surface area contributed by atoms with Crippen molar-refractivity contribution in [2.24, 2.45) is 0 Å². The smallest absolute Gasteiger partial charge is 0.373 e. The van der Waals surface area contributed by atoms with Crippen molar-refractivity contribution in [3.63, 3.8) is 0 Å². The Morgan fingerprint density at radius 3 is 1.58 bits per heavy atom. The van der Waals surface area contributed by atoms with Crippen molar-refractivity contribution >= 4 is 42.4 Å². The van der Waals surface area contributed by atoms with E-state index in [1.54, 1.807) is 12.1 Å². The molecule has 1 aromatic heterocycles. The molecule has 0 aliphatic carbocycles. The molecule has 0 atom stereocenters. The van der Waals surface area contributed by atoms with Crippen LogP contribution in [-0.4, -0.2) is 28.8 Å². The van der Waals surface area contributed by atoms with E-state index >= 15 is 0 Å². The standard InChI is InChI=1S/C22H15F6OS2/c23-21(24,25)20(29,22(26,27)28)13-30-14-9-11-15(12-10-14)31-18-7-3-1-5-16(18)17-6-2-4-8-19(17)31/h1-12,29H,13H2/q+1. The third-order valence-electron chi connectivity index (χ3n) is 4.95. The van der Waals surface area contributed by atoms with E-state index in [0.29, 0.717) is 11.8 Å². The Labute approximate surface area is 180 Å². The first-order valence-electron chi connectivity index (χ1n) is 9.04. The van der Waals surface area contributed by atoms with E-state index in [4.69, 9.17) is 0 Å². The van der Waals surface area contributed by atoms with Gasteiger partial charge in [0.25, 0.3) is 5.60 Å². The van der Waals surface area contributed by atoms with Crippen molar-refractivity contribution in [2.75, 3.05) is 5.75 Å². The van der Waals surface area contributed by atoms with Crippen LogP contribution in [0.1, 0.15) is 0 Å². The van der Waals surface area contributed by atoms with E-state index in [0.717, 1.165) is 25.1 Å². The summed E-state index contributed by atoms with van der Waals surface area (Å²) < 4.78 is 79.5. The Hall–Kier alpha value is -2.23. The van der Waals surface area contributed by atoms with Gasteiger partial charge in [0.05, 0.1) is 0 Å². The zero-order chi connectivity index (χ0) is 22.4. The van der Waals surface area contributed by atoms with Crippen LogP contribution in [0.4, 0.5) is 26.3 Å². The second-order valence-corrected chi connectivity index (χ2v) is 9.93. The van der Waals surface area contributed by atoms with Crippen LogP contribution >= 0.6 is 22.2 Å². The lowest BCUT2D eigenvalue weighted by atomic mass is 10.1. The quantitative estimate of drug-likeness (QED) is 0.186. The lowest BCUT2D eigenvalue weighted by Gasteiger charge is -2.31. The molecular formula is C22H15F6OS2+. The number of hydrogen-bond acceptors (Lipinski definition) is 2. The summed E-state index contributed by atoms with van der Waals surface area (Å²) in [5.74, 6) is -1.57. The molecular weight excluding hydrogens is 458 g/mol. The highest BCUT2D eigenvalue weighted by molar-refractivity contribution is 7.99. The fourth-order valence-electron chi connectivity index (χ4n) is 3.29. The van der Waals surface area contributed by atoms with Gasteiger partial charge in [-0.1, -0.05) is 24.3 Å². The largest absolute Gasteiger partial charge is 0.427 e. The van der Waals surface area contributed by atoms with Gasteiger partial charge in [0.2, 0.25) is 0 Å². The molecule has 1 nitrogen and oxygen atoms in total. The van der Waals surface area contributed by atoms with Crippen molar-refractivity contribution in [3.8, 4) is 4.90 Å². The van der Waals surface area contributed by atoms with Crippen LogP contribution in [0.25, 0.3) is 25.1 Å². The van der Waals surface area contributed by atoms with Crippen LogP contribution in [0.5, 0.6) is 0 Å². The first-order chi connectivity index (χ1) is 14.5. The lowest BCUT2D eigenvalue weighted by Crippen LogP contribution is -2.58. The maximum absolute atomic E-state index is 12.9. The van der Waals surface area contributed by atoms with Crippen molar-refractivity contribution < 1.29 is 31.4 Å². The number of thioether (sulfide) groups is 1. The molecule has 1 heterocycles. The number of benzene rings is 3. The number of fused-ring (bicyclic) bond motifs is 3. The van der Waals surface area contributed by atoms with Crippen LogP contribution < -0.4 is 0 Å². The summed E-state index contributed by atoms with van der Waals surface area (Å²) in [6.07, 6.45) is -11.6. The molecule has 4 rings (SSSR count). The molecule has 31 heavy (non-hydrogen) atoms. The summed E-state index contributed by atoms with van der Waals surface area (Å²) in [5.41, 5.74) is -4.77. The number of thiophene rings is 1. The summed E-state index contributed by atoms with van der Waals surface area (Å²) in [6.45, 7) is 0. The molecule has 0 radical (unpaired) electrons. The molecule has 0 aliphatic heterocycles. The molecule has 0 bridgehead atoms. The monoisotopic (exact) mass is 473 g/mol. The Bertz CT molecular complexity index is 1160. The number of alkyl halides is 6. The van der Waals surface area contributed by atoms with E-state index in [1.165, 1.54) is 12.1 Å². The van der Waals surface area contributed by atoms with Crippen molar-refractivity contribution in [2.45, 2.75) is 22.8 Å². The number of halogens is 6. The van der Waals surface area contributed by atoms with Gasteiger partial charge in [-0.15, -0.1) is 11.8 Å². The predicted molar refractivity (Wildman–Crippen MR) is 113 cm³/mol. The Morgan fingerprint density at radius 2 is 1.13 bits per heavy atom. The second kappa shape index (κ2) is 7.72. The molecule has 0 saturated heterocycles. The molecule has 0 unspecified atom stereocenters. The average molecular weight is 473 g/mol. The van der Waals surface area contributed by atoms with Gasteiger partial charge in [-0.2, -0.15) is 26.3 Å². The van der Waals surface area contributed by atoms with Crippen LogP contribution in [0, 0.1) is 0 Å². The van der Waals surface area contributed by atoms with Crippen LogP contribution in [0.2, 0.25) is 0 Å².